The van der Waals surface area contributed by atoms with Crippen LogP contribution >= 0.6 is 0 Å². The molecule has 0 unspecified atom stereocenters. The van der Waals surface area contributed by atoms with E-state index in [0.717, 1.165) is 0 Å². The zero-order valence-electron chi connectivity index (χ0n) is 9.14. The lowest BCUT2D eigenvalue weighted by atomic mass is 10.3. The summed E-state index contributed by atoms with van der Waals surface area (Å²) >= 11 is 0. The van der Waals surface area contributed by atoms with Gasteiger partial charge in [-0.1, -0.05) is 26.7 Å². The Kier molecular flexibility index (Phi) is 7.51. The van der Waals surface area contributed by atoms with Crippen LogP contribution in [-0.4, -0.2) is 37.2 Å². The quantitative estimate of drug-likeness (QED) is 0.544. The first-order valence-corrected chi connectivity index (χ1v) is 5.14. The minimum Gasteiger partial charge on any atom is -0.248 e. The summed E-state index contributed by atoms with van der Waals surface area (Å²) in [4.78, 5) is 0. The van der Waals surface area contributed by atoms with Crippen LogP contribution < -0.4 is 0 Å². The molecular weight excluding hydrogens is 148 g/mol. The monoisotopic (exact) mass is 172 g/mol. The third kappa shape index (κ3) is 5.56. The zero-order valence-corrected chi connectivity index (χ0v) is 9.14. The molecule has 12 heavy (non-hydrogen) atoms. The molecule has 74 valence electrons. The summed E-state index contributed by atoms with van der Waals surface area (Å²) in [5, 5.41) is 4.64. The number of rotatable bonds is 7. The van der Waals surface area contributed by atoms with Gasteiger partial charge in [-0.3, -0.25) is 0 Å². The molecule has 0 heterocycles. The van der Waals surface area contributed by atoms with Crippen LogP contribution in [0.5, 0.6) is 0 Å². The Hall–Kier alpha value is -0.0800. The third-order valence-corrected chi connectivity index (χ3v) is 2.11. The Balaban J connectivity index is 3.55. The summed E-state index contributed by atoms with van der Waals surface area (Å²) in [7, 11) is 4.26. The first kappa shape index (κ1) is 11.9. The van der Waals surface area contributed by atoms with E-state index < -0.39 is 0 Å². The Morgan fingerprint density at radius 3 is 1.50 bits per heavy atom. The summed E-state index contributed by atoms with van der Waals surface area (Å²) in [6, 6.07) is 0. The molecule has 0 fully saturated rings. The van der Waals surface area contributed by atoms with Gasteiger partial charge in [0.25, 0.3) is 0 Å². The minimum absolute atomic E-state index is 1.21. The van der Waals surface area contributed by atoms with Gasteiger partial charge in [-0.05, 0) is 12.8 Å². The predicted octanol–water partition coefficient (Wildman–Crippen LogP) is 2.37. The van der Waals surface area contributed by atoms with Crippen LogP contribution in [0.4, 0.5) is 0 Å². The largest absolute Gasteiger partial charge is 0.248 e. The molecular formula is C10H24N2. The Morgan fingerprint density at radius 1 is 0.833 bits per heavy atom. The number of hydrazine groups is 1. The van der Waals surface area contributed by atoms with Crippen LogP contribution in [-0.2, 0) is 0 Å². The van der Waals surface area contributed by atoms with Crippen molar-refractivity contribution in [2.45, 2.75) is 39.5 Å². The van der Waals surface area contributed by atoms with E-state index in [9.17, 15) is 0 Å². The predicted molar refractivity (Wildman–Crippen MR) is 55.1 cm³/mol. The number of nitrogens with zero attached hydrogens (tertiary/aromatic N) is 2. The van der Waals surface area contributed by atoms with E-state index in [0.29, 0.717) is 0 Å². The molecule has 0 aliphatic rings. The van der Waals surface area contributed by atoms with Crippen molar-refractivity contribution in [2.75, 3.05) is 27.2 Å². The van der Waals surface area contributed by atoms with Gasteiger partial charge in [0.2, 0.25) is 0 Å². The highest BCUT2D eigenvalue weighted by Gasteiger charge is 2.04. The molecule has 0 spiro atoms. The van der Waals surface area contributed by atoms with E-state index in [2.05, 4.69) is 38.0 Å². The summed E-state index contributed by atoms with van der Waals surface area (Å²) < 4.78 is 0. The Labute approximate surface area is 77.5 Å². The molecule has 0 saturated carbocycles. The molecule has 0 aromatic carbocycles. The van der Waals surface area contributed by atoms with Gasteiger partial charge in [-0.15, -0.1) is 0 Å². The van der Waals surface area contributed by atoms with Gasteiger partial charge in [-0.2, -0.15) is 0 Å². The molecule has 0 rings (SSSR count). The zero-order chi connectivity index (χ0) is 9.40. The first-order valence-electron chi connectivity index (χ1n) is 5.14. The van der Waals surface area contributed by atoms with Crippen LogP contribution in [0.15, 0.2) is 0 Å². The molecule has 0 aromatic heterocycles. The van der Waals surface area contributed by atoms with Gasteiger partial charge < -0.3 is 0 Å². The normalized spacial score (nSPS) is 11.5. The van der Waals surface area contributed by atoms with Crippen molar-refractivity contribution in [3.63, 3.8) is 0 Å². The van der Waals surface area contributed by atoms with E-state index in [1.165, 1.54) is 38.8 Å². The van der Waals surface area contributed by atoms with Crippen LogP contribution in [0.25, 0.3) is 0 Å². The number of unbranched alkanes of at least 4 members (excludes halogenated alkanes) is 2. The van der Waals surface area contributed by atoms with Crippen molar-refractivity contribution >= 4 is 0 Å². The fraction of sp³-hybridized carbons (Fsp3) is 1.00. The van der Waals surface area contributed by atoms with Crippen molar-refractivity contribution in [1.82, 2.24) is 10.0 Å². The van der Waals surface area contributed by atoms with Crippen LogP contribution in [0, 0.1) is 0 Å². The fourth-order valence-corrected chi connectivity index (χ4v) is 1.19. The lowest BCUT2D eigenvalue weighted by Gasteiger charge is -2.28. The number of hydrogen-bond donors (Lipinski definition) is 0. The van der Waals surface area contributed by atoms with Crippen molar-refractivity contribution < 1.29 is 0 Å². The second-order valence-corrected chi connectivity index (χ2v) is 3.51. The van der Waals surface area contributed by atoms with E-state index in [1.807, 2.05) is 0 Å². The highest BCUT2D eigenvalue weighted by atomic mass is 15.6. The molecule has 2 nitrogen and oxygen atoms in total. The number of hydrogen-bond acceptors (Lipinski definition) is 2. The van der Waals surface area contributed by atoms with Crippen molar-refractivity contribution in [3.05, 3.63) is 0 Å². The maximum atomic E-state index is 2.42. The topological polar surface area (TPSA) is 6.48 Å². The third-order valence-electron chi connectivity index (χ3n) is 2.11. The van der Waals surface area contributed by atoms with Gasteiger partial charge in [0, 0.05) is 27.2 Å². The van der Waals surface area contributed by atoms with Gasteiger partial charge in [0.1, 0.15) is 0 Å². The molecule has 0 atom stereocenters. The minimum atomic E-state index is 1.21. The van der Waals surface area contributed by atoms with Gasteiger partial charge >= 0.3 is 0 Å². The smallest absolute Gasteiger partial charge is 0.0133 e. The molecule has 0 aromatic rings. The summed E-state index contributed by atoms with van der Waals surface area (Å²) in [5.41, 5.74) is 0. The average molecular weight is 172 g/mol. The van der Waals surface area contributed by atoms with Gasteiger partial charge in [-0.25, -0.2) is 10.0 Å². The lowest BCUT2D eigenvalue weighted by molar-refractivity contribution is 0.0225. The average Bonchev–Trinajstić information content (AvgIpc) is 2.04. The van der Waals surface area contributed by atoms with Crippen LogP contribution in [0.1, 0.15) is 39.5 Å². The summed E-state index contributed by atoms with van der Waals surface area (Å²) in [6.07, 6.45) is 5.19. The van der Waals surface area contributed by atoms with Crippen molar-refractivity contribution in [2.24, 2.45) is 0 Å². The molecule has 0 aliphatic heterocycles. The second-order valence-electron chi connectivity index (χ2n) is 3.51. The molecule has 0 saturated heterocycles. The van der Waals surface area contributed by atoms with Crippen molar-refractivity contribution in [1.29, 1.82) is 0 Å². The summed E-state index contributed by atoms with van der Waals surface area (Å²) in [6.45, 7) is 6.91. The van der Waals surface area contributed by atoms with Crippen LogP contribution in [0.2, 0.25) is 0 Å². The van der Waals surface area contributed by atoms with Crippen molar-refractivity contribution in [3.8, 4) is 0 Å². The lowest BCUT2D eigenvalue weighted by Crippen LogP contribution is -2.38. The highest BCUT2D eigenvalue weighted by molar-refractivity contribution is 4.51. The van der Waals surface area contributed by atoms with Gasteiger partial charge in [0.05, 0.1) is 0 Å². The molecule has 2 heteroatoms. The molecule has 0 amide bonds. The molecule has 0 aliphatic carbocycles. The molecule has 0 N–H and O–H groups in total. The maximum Gasteiger partial charge on any atom is 0.0133 e. The van der Waals surface area contributed by atoms with E-state index in [1.54, 1.807) is 0 Å². The second kappa shape index (κ2) is 7.56. The molecule has 0 bridgehead atoms. The Morgan fingerprint density at radius 2 is 1.25 bits per heavy atom. The van der Waals surface area contributed by atoms with Crippen LogP contribution in [0.3, 0.4) is 0 Å². The van der Waals surface area contributed by atoms with E-state index >= 15 is 0 Å². The Bertz CT molecular complexity index is 83.8. The van der Waals surface area contributed by atoms with Gasteiger partial charge in [0.15, 0.2) is 0 Å². The van der Waals surface area contributed by atoms with E-state index in [4.69, 9.17) is 0 Å². The summed E-state index contributed by atoms with van der Waals surface area (Å²) in [5.74, 6) is 0. The molecule has 0 radical (unpaired) electrons. The fourth-order valence-electron chi connectivity index (χ4n) is 1.19. The SMILES string of the molecule is CCCCN(CCCC)N(C)C. The standard InChI is InChI=1S/C10H24N2/c1-5-7-9-12(11(3)4)10-8-6-2/h5-10H2,1-4H3. The van der Waals surface area contributed by atoms with E-state index in [-0.39, 0.29) is 0 Å². The first-order chi connectivity index (χ1) is 5.72. The maximum absolute atomic E-state index is 2.42. The highest BCUT2D eigenvalue weighted by Crippen LogP contribution is 1.99.